The number of amides is 1. The van der Waals surface area contributed by atoms with Crippen LogP contribution < -0.4 is 9.62 Å². The largest absolute Gasteiger partial charge is 0.352 e. The van der Waals surface area contributed by atoms with Crippen LogP contribution in [0.15, 0.2) is 90.1 Å². The van der Waals surface area contributed by atoms with Gasteiger partial charge in [0.25, 0.3) is 10.0 Å². The molecule has 0 radical (unpaired) electrons. The van der Waals surface area contributed by atoms with E-state index in [1.165, 1.54) is 43.3 Å². The third kappa shape index (κ3) is 6.81. The van der Waals surface area contributed by atoms with Crippen LogP contribution in [0.2, 0.25) is 5.02 Å². The zero-order valence-corrected chi connectivity index (χ0v) is 22.9. The van der Waals surface area contributed by atoms with Gasteiger partial charge in [-0.1, -0.05) is 23.7 Å². The van der Waals surface area contributed by atoms with Crippen molar-refractivity contribution in [1.82, 2.24) is 10.3 Å². The van der Waals surface area contributed by atoms with E-state index in [2.05, 4.69) is 10.3 Å². The number of pyridine rings is 1. The summed E-state index contributed by atoms with van der Waals surface area (Å²) in [6.45, 7) is 1.74. The zero-order valence-electron chi connectivity index (χ0n) is 21.3. The molecule has 0 aliphatic carbocycles. The summed E-state index contributed by atoms with van der Waals surface area (Å²) >= 11 is 5.93. The first-order chi connectivity index (χ1) is 19.1. The Balaban J connectivity index is 1.68. The Bertz CT molecular complexity index is 1600. The average Bonchev–Trinajstić information content (AvgIpc) is 2.93. The van der Waals surface area contributed by atoms with E-state index in [0.29, 0.717) is 11.1 Å². The minimum absolute atomic E-state index is 0.0261. The topological polar surface area (TPSA) is 79.4 Å². The normalized spacial score (nSPS) is 12.1. The molecule has 0 unspecified atom stereocenters. The Morgan fingerprint density at radius 2 is 1.70 bits per heavy atom. The molecule has 0 saturated carbocycles. The second kappa shape index (κ2) is 12.5. The number of halogens is 4. The average molecular weight is 588 g/mol. The molecule has 1 heterocycles. The van der Waals surface area contributed by atoms with Crippen LogP contribution in [0.3, 0.4) is 0 Å². The quantitative estimate of drug-likeness (QED) is 0.234. The lowest BCUT2D eigenvalue weighted by molar-refractivity contribution is -0.121. The lowest BCUT2D eigenvalue weighted by Gasteiger charge is -2.32. The van der Waals surface area contributed by atoms with Crippen molar-refractivity contribution in [2.75, 3.05) is 4.31 Å². The van der Waals surface area contributed by atoms with Gasteiger partial charge in [0.1, 0.15) is 17.5 Å². The van der Waals surface area contributed by atoms with Crippen molar-refractivity contribution in [3.63, 3.8) is 0 Å². The van der Waals surface area contributed by atoms with Gasteiger partial charge in [-0.15, -0.1) is 0 Å². The van der Waals surface area contributed by atoms with Crippen molar-refractivity contribution in [1.29, 1.82) is 0 Å². The van der Waals surface area contributed by atoms with Gasteiger partial charge in [0.2, 0.25) is 5.91 Å². The summed E-state index contributed by atoms with van der Waals surface area (Å²) in [7, 11) is -4.47. The maximum atomic E-state index is 15.0. The lowest BCUT2D eigenvalue weighted by Crippen LogP contribution is -2.35. The molecule has 0 fully saturated rings. The van der Waals surface area contributed by atoms with Crippen LogP contribution in [0, 0.1) is 17.5 Å². The Morgan fingerprint density at radius 1 is 1.00 bits per heavy atom. The molecule has 0 bridgehead atoms. The highest BCUT2D eigenvalue weighted by Crippen LogP contribution is 2.37. The van der Waals surface area contributed by atoms with E-state index in [-0.39, 0.29) is 35.2 Å². The van der Waals surface area contributed by atoms with Crippen LogP contribution in [0.25, 0.3) is 0 Å². The van der Waals surface area contributed by atoms with Crippen LogP contribution in [-0.2, 0) is 27.8 Å². The fourth-order valence-corrected chi connectivity index (χ4v) is 6.05. The number of carbonyl (C=O) groups is 1. The van der Waals surface area contributed by atoms with Crippen molar-refractivity contribution in [2.45, 2.75) is 37.2 Å². The maximum Gasteiger partial charge on any atom is 0.264 e. The smallest absolute Gasteiger partial charge is 0.264 e. The summed E-state index contributed by atoms with van der Waals surface area (Å²) in [5.41, 5.74) is 0.947. The van der Waals surface area contributed by atoms with E-state index in [1.54, 1.807) is 24.5 Å². The standard InChI is InChI=1S/C29H25ClF3N3O3S/c1-19(26-11-7-23(31)15-21(26)4-13-29(37)35-18-20-3-2-14-34-17-20)36(28-16-24(32)8-12-27(28)33)40(38,39)25-9-5-22(30)6-10-25/h2-3,5-12,14-17,19H,4,13,18H2,1H3,(H,35,37)/t19-/m1/s1. The molecule has 4 aromatic rings. The Hall–Kier alpha value is -3.89. The Kier molecular flexibility index (Phi) is 9.11. The number of carbonyl (C=O) groups excluding carboxylic acids is 1. The zero-order chi connectivity index (χ0) is 28.9. The first-order valence-corrected chi connectivity index (χ1v) is 14.1. The summed E-state index contributed by atoms with van der Waals surface area (Å²) in [6.07, 6.45) is 3.27. The third-order valence-corrected chi connectivity index (χ3v) is 8.41. The van der Waals surface area contributed by atoms with E-state index in [0.717, 1.165) is 34.1 Å². The van der Waals surface area contributed by atoms with Gasteiger partial charge in [-0.3, -0.25) is 14.1 Å². The van der Waals surface area contributed by atoms with Crippen LogP contribution >= 0.6 is 11.6 Å². The molecule has 1 atom stereocenters. The van der Waals surface area contributed by atoms with Gasteiger partial charge < -0.3 is 5.32 Å². The predicted octanol–water partition coefficient (Wildman–Crippen LogP) is 6.36. The monoisotopic (exact) mass is 587 g/mol. The van der Waals surface area contributed by atoms with E-state index >= 15 is 4.39 Å². The molecule has 1 N–H and O–H groups in total. The molecule has 1 aromatic heterocycles. The van der Waals surface area contributed by atoms with Gasteiger partial charge in [0, 0.05) is 36.4 Å². The van der Waals surface area contributed by atoms with E-state index in [4.69, 9.17) is 11.6 Å². The molecule has 0 saturated heterocycles. The second-order valence-electron chi connectivity index (χ2n) is 9.01. The number of nitrogens with zero attached hydrogens (tertiary/aromatic N) is 2. The highest BCUT2D eigenvalue weighted by atomic mass is 35.5. The van der Waals surface area contributed by atoms with Crippen molar-refractivity contribution in [3.8, 4) is 0 Å². The number of hydrogen-bond acceptors (Lipinski definition) is 4. The van der Waals surface area contributed by atoms with Gasteiger partial charge in [0.05, 0.1) is 16.6 Å². The molecule has 3 aromatic carbocycles. The van der Waals surface area contributed by atoms with Crippen molar-refractivity contribution in [2.24, 2.45) is 0 Å². The summed E-state index contributed by atoms with van der Waals surface area (Å²) in [6, 6.07) is 13.9. The fourth-order valence-electron chi connectivity index (χ4n) is 4.29. The van der Waals surface area contributed by atoms with Crippen molar-refractivity contribution in [3.05, 3.63) is 124 Å². The number of anilines is 1. The molecule has 0 aliphatic rings. The molecule has 0 spiro atoms. The number of rotatable bonds is 10. The molecule has 0 aliphatic heterocycles. The lowest BCUT2D eigenvalue weighted by atomic mass is 9.97. The van der Waals surface area contributed by atoms with Gasteiger partial charge in [-0.05, 0) is 84.6 Å². The first-order valence-electron chi connectivity index (χ1n) is 12.2. The van der Waals surface area contributed by atoms with Gasteiger partial charge in [0.15, 0.2) is 0 Å². The number of sulfonamides is 1. The summed E-state index contributed by atoms with van der Waals surface area (Å²) < 4.78 is 72.0. The first kappa shape index (κ1) is 29.1. The summed E-state index contributed by atoms with van der Waals surface area (Å²) in [5.74, 6) is -2.71. The van der Waals surface area contributed by atoms with Crippen LogP contribution in [0.1, 0.15) is 36.1 Å². The minimum Gasteiger partial charge on any atom is -0.352 e. The number of benzene rings is 3. The van der Waals surface area contributed by atoms with Gasteiger partial charge >= 0.3 is 0 Å². The highest BCUT2D eigenvalue weighted by molar-refractivity contribution is 7.92. The predicted molar refractivity (Wildman–Crippen MR) is 147 cm³/mol. The number of nitrogens with one attached hydrogen (secondary N) is 1. The van der Waals surface area contributed by atoms with E-state index in [9.17, 15) is 22.0 Å². The molecular weight excluding hydrogens is 563 g/mol. The van der Waals surface area contributed by atoms with Crippen LogP contribution in [0.5, 0.6) is 0 Å². The van der Waals surface area contributed by atoms with Gasteiger partial charge in [-0.2, -0.15) is 0 Å². The Labute approximate surface area is 235 Å². The molecule has 208 valence electrons. The van der Waals surface area contributed by atoms with Crippen LogP contribution in [0.4, 0.5) is 18.9 Å². The Morgan fingerprint density at radius 3 is 2.40 bits per heavy atom. The molecule has 11 heteroatoms. The number of aromatic nitrogens is 1. The molecule has 1 amide bonds. The summed E-state index contributed by atoms with van der Waals surface area (Å²) in [5, 5.41) is 3.05. The summed E-state index contributed by atoms with van der Waals surface area (Å²) in [4.78, 5) is 16.3. The molecule has 40 heavy (non-hydrogen) atoms. The minimum atomic E-state index is -4.47. The second-order valence-corrected chi connectivity index (χ2v) is 11.3. The molecular formula is C29H25ClF3N3O3S. The van der Waals surface area contributed by atoms with Crippen LogP contribution in [-0.4, -0.2) is 19.3 Å². The van der Waals surface area contributed by atoms with Crippen molar-refractivity contribution >= 4 is 33.2 Å². The number of aryl methyl sites for hydroxylation is 1. The maximum absolute atomic E-state index is 15.0. The molecule has 4 rings (SSSR count). The third-order valence-electron chi connectivity index (χ3n) is 6.26. The van der Waals surface area contributed by atoms with E-state index < -0.39 is 39.2 Å². The van der Waals surface area contributed by atoms with Gasteiger partial charge in [-0.25, -0.2) is 21.6 Å². The molecule has 6 nitrogen and oxygen atoms in total. The SMILES string of the molecule is C[C@H](c1ccc(F)cc1CCC(=O)NCc1cccnc1)N(c1cc(F)ccc1F)S(=O)(=O)c1ccc(Cl)cc1. The highest BCUT2D eigenvalue weighted by Gasteiger charge is 2.33. The van der Waals surface area contributed by atoms with E-state index in [1.807, 2.05) is 0 Å². The fraction of sp³-hybridized carbons (Fsp3) is 0.172. The number of hydrogen-bond donors (Lipinski definition) is 1. The van der Waals surface area contributed by atoms with Crippen molar-refractivity contribution < 1.29 is 26.4 Å².